The molecule has 1 amide bonds. The Labute approximate surface area is 129 Å². The van der Waals surface area contributed by atoms with E-state index >= 15 is 0 Å². The highest BCUT2D eigenvalue weighted by atomic mass is 35.5. The lowest BCUT2D eigenvalue weighted by Crippen LogP contribution is -2.43. The van der Waals surface area contributed by atoms with Crippen molar-refractivity contribution in [3.05, 3.63) is 20.5 Å². The average molecular weight is 354 g/mol. The van der Waals surface area contributed by atoms with Crippen LogP contribution in [0.25, 0.3) is 0 Å². The van der Waals surface area contributed by atoms with Crippen molar-refractivity contribution in [3.63, 3.8) is 0 Å². The third-order valence-corrected chi connectivity index (χ3v) is 6.88. The van der Waals surface area contributed by atoms with Gasteiger partial charge in [-0.25, -0.2) is 8.42 Å². The number of nitrogens with two attached hydrogens (primary N) is 1. The minimum absolute atomic E-state index is 0.0129. The van der Waals surface area contributed by atoms with Gasteiger partial charge < -0.3 is 5.73 Å². The van der Waals surface area contributed by atoms with E-state index in [1.54, 1.807) is 0 Å². The van der Waals surface area contributed by atoms with E-state index in [4.69, 9.17) is 17.3 Å². The number of sulfonamides is 1. The summed E-state index contributed by atoms with van der Waals surface area (Å²) < 4.78 is 25.6. The van der Waals surface area contributed by atoms with Gasteiger partial charge in [-0.15, -0.1) is 11.3 Å². The molecule has 11 heteroatoms. The largest absolute Gasteiger partial charge is 0.369 e. The van der Waals surface area contributed by atoms with Gasteiger partial charge >= 0.3 is 0 Å². The maximum absolute atomic E-state index is 12.4. The molecule has 0 bridgehead atoms. The Bertz CT molecular complexity index is 687. The Morgan fingerprint density at radius 1 is 1.57 bits per heavy atom. The fraction of sp³-hybridized carbons (Fsp3) is 0.500. The van der Waals surface area contributed by atoms with Crippen LogP contribution in [0.3, 0.4) is 0 Å². The van der Waals surface area contributed by atoms with E-state index in [1.807, 2.05) is 0 Å². The molecule has 116 valence electrons. The number of thiophene rings is 1. The number of primary amides is 1. The van der Waals surface area contributed by atoms with E-state index in [0.29, 0.717) is 24.2 Å². The zero-order chi connectivity index (χ0) is 15.8. The summed E-state index contributed by atoms with van der Waals surface area (Å²) in [6.07, 6.45) is 1.04. The van der Waals surface area contributed by atoms with E-state index in [-0.39, 0.29) is 21.6 Å². The fourth-order valence-electron chi connectivity index (χ4n) is 2.11. The lowest BCUT2D eigenvalue weighted by Gasteiger charge is -2.29. The van der Waals surface area contributed by atoms with Gasteiger partial charge in [0.25, 0.3) is 15.7 Å². The van der Waals surface area contributed by atoms with E-state index in [1.165, 1.54) is 0 Å². The average Bonchev–Trinajstić information content (AvgIpc) is 2.82. The maximum atomic E-state index is 12.4. The summed E-state index contributed by atoms with van der Waals surface area (Å²) in [5, 5.41) is 10.7. The minimum Gasteiger partial charge on any atom is -0.369 e. The second-order valence-corrected chi connectivity index (χ2v) is 8.41. The number of nitrogens with zero attached hydrogens (tertiary/aromatic N) is 2. The lowest BCUT2D eigenvalue weighted by molar-refractivity contribution is -0.384. The van der Waals surface area contributed by atoms with Crippen LogP contribution in [0.5, 0.6) is 0 Å². The number of halogens is 1. The second kappa shape index (κ2) is 5.87. The van der Waals surface area contributed by atoms with Gasteiger partial charge in [0.2, 0.25) is 5.91 Å². The molecule has 8 nitrogen and oxygen atoms in total. The molecule has 2 N–H and O–H groups in total. The summed E-state index contributed by atoms with van der Waals surface area (Å²) >= 11 is 6.31. The van der Waals surface area contributed by atoms with Gasteiger partial charge in [0, 0.05) is 19.2 Å². The van der Waals surface area contributed by atoms with Crippen molar-refractivity contribution in [1.29, 1.82) is 0 Å². The van der Waals surface area contributed by atoms with Crippen molar-refractivity contribution in [3.8, 4) is 0 Å². The van der Waals surface area contributed by atoms with Gasteiger partial charge in [-0.05, 0) is 12.8 Å². The Kier molecular flexibility index (Phi) is 4.51. The van der Waals surface area contributed by atoms with Crippen LogP contribution in [0.1, 0.15) is 12.8 Å². The zero-order valence-corrected chi connectivity index (χ0v) is 13.1. The number of nitro groups is 1. The molecule has 2 heterocycles. The predicted octanol–water partition coefficient (Wildman–Crippen LogP) is 1.20. The van der Waals surface area contributed by atoms with E-state index in [0.717, 1.165) is 10.4 Å². The smallest absolute Gasteiger partial charge is 0.300 e. The van der Waals surface area contributed by atoms with Crippen LogP contribution >= 0.6 is 22.9 Å². The highest BCUT2D eigenvalue weighted by Gasteiger charge is 2.35. The van der Waals surface area contributed by atoms with Crippen molar-refractivity contribution in [2.75, 3.05) is 13.1 Å². The molecule has 1 saturated heterocycles. The third-order valence-electron chi connectivity index (χ3n) is 3.22. The van der Waals surface area contributed by atoms with Crippen LogP contribution in [-0.4, -0.2) is 36.6 Å². The Balaban J connectivity index is 2.31. The van der Waals surface area contributed by atoms with Crippen LogP contribution < -0.4 is 5.73 Å². The van der Waals surface area contributed by atoms with E-state index in [9.17, 15) is 23.3 Å². The molecule has 2 rings (SSSR count). The van der Waals surface area contributed by atoms with Gasteiger partial charge in [0.15, 0.2) is 4.34 Å². The summed E-state index contributed by atoms with van der Waals surface area (Å²) in [4.78, 5) is 21.2. The van der Waals surface area contributed by atoms with Crippen LogP contribution in [0, 0.1) is 16.0 Å². The van der Waals surface area contributed by atoms with Crippen molar-refractivity contribution in [2.24, 2.45) is 11.7 Å². The number of rotatable bonds is 4. The normalized spacial score (nSPS) is 20.3. The van der Waals surface area contributed by atoms with E-state index in [2.05, 4.69) is 0 Å². The molecular formula is C10H12ClN3O5S2. The van der Waals surface area contributed by atoms with Gasteiger partial charge in [-0.1, -0.05) is 11.6 Å². The molecule has 0 aliphatic carbocycles. The quantitative estimate of drug-likeness (QED) is 0.643. The summed E-state index contributed by atoms with van der Waals surface area (Å²) in [7, 11) is -3.91. The molecular weight excluding hydrogens is 342 g/mol. The number of hydrogen-bond donors (Lipinski definition) is 1. The van der Waals surface area contributed by atoms with Crippen LogP contribution in [-0.2, 0) is 14.8 Å². The Hall–Kier alpha value is -1.23. The molecule has 1 unspecified atom stereocenters. The number of hydrogen-bond acceptors (Lipinski definition) is 6. The molecule has 0 aromatic carbocycles. The highest BCUT2D eigenvalue weighted by molar-refractivity contribution is 7.91. The number of piperidine rings is 1. The van der Waals surface area contributed by atoms with Crippen molar-refractivity contribution in [1.82, 2.24) is 4.31 Å². The highest BCUT2D eigenvalue weighted by Crippen LogP contribution is 2.38. The number of amides is 1. The monoisotopic (exact) mass is 353 g/mol. The van der Waals surface area contributed by atoms with Crippen molar-refractivity contribution >= 4 is 44.6 Å². The molecule has 1 aromatic rings. The SMILES string of the molecule is NC(=O)C1CCCN(S(=O)(=O)c2cc([N+](=O)[O-])c(Cl)s2)C1. The van der Waals surface area contributed by atoms with Crippen LogP contribution in [0.15, 0.2) is 10.3 Å². The lowest BCUT2D eigenvalue weighted by atomic mass is 9.99. The predicted molar refractivity (Wildman–Crippen MR) is 76.7 cm³/mol. The Morgan fingerprint density at radius 3 is 2.76 bits per heavy atom. The maximum Gasteiger partial charge on any atom is 0.300 e. The fourth-order valence-corrected chi connectivity index (χ4v) is 5.45. The first-order chi connectivity index (χ1) is 9.73. The van der Waals surface area contributed by atoms with Gasteiger partial charge in [-0.2, -0.15) is 4.31 Å². The van der Waals surface area contributed by atoms with Gasteiger partial charge in [0.1, 0.15) is 4.21 Å². The number of carbonyl (C=O) groups excluding carboxylic acids is 1. The van der Waals surface area contributed by atoms with Gasteiger partial charge in [0.05, 0.1) is 10.8 Å². The molecule has 1 fully saturated rings. The molecule has 0 radical (unpaired) electrons. The molecule has 1 atom stereocenters. The standard InChI is InChI=1S/C10H12ClN3O5S2/c11-9-7(14(16)17)4-8(20-9)21(18,19)13-3-1-2-6(5-13)10(12)15/h4,6H,1-3,5H2,(H2,12,15). The summed E-state index contributed by atoms with van der Waals surface area (Å²) in [5.41, 5.74) is 4.77. The first-order valence-electron chi connectivity index (χ1n) is 5.96. The first kappa shape index (κ1) is 16.1. The topological polar surface area (TPSA) is 124 Å². The van der Waals surface area contributed by atoms with Crippen LogP contribution in [0.4, 0.5) is 5.69 Å². The third kappa shape index (κ3) is 3.18. The van der Waals surface area contributed by atoms with E-state index < -0.39 is 32.5 Å². The summed E-state index contributed by atoms with van der Waals surface area (Å²) in [6.45, 7) is 0.233. The molecule has 0 spiro atoms. The molecule has 1 aromatic heterocycles. The molecule has 1 aliphatic rings. The first-order valence-corrected chi connectivity index (χ1v) is 8.60. The van der Waals surface area contributed by atoms with Gasteiger partial charge in [-0.3, -0.25) is 14.9 Å². The summed E-state index contributed by atoms with van der Waals surface area (Å²) in [5.74, 6) is -1.09. The van der Waals surface area contributed by atoms with Crippen LogP contribution in [0.2, 0.25) is 4.34 Å². The van der Waals surface area contributed by atoms with Crippen molar-refractivity contribution < 1.29 is 18.1 Å². The molecule has 1 aliphatic heterocycles. The number of carbonyl (C=O) groups is 1. The zero-order valence-electron chi connectivity index (χ0n) is 10.7. The Morgan fingerprint density at radius 2 is 2.24 bits per heavy atom. The molecule has 21 heavy (non-hydrogen) atoms. The second-order valence-electron chi connectivity index (χ2n) is 4.59. The molecule has 0 saturated carbocycles. The summed E-state index contributed by atoms with van der Waals surface area (Å²) in [6, 6.07) is 0.941. The van der Waals surface area contributed by atoms with Crippen molar-refractivity contribution in [2.45, 2.75) is 17.1 Å². The minimum atomic E-state index is -3.91.